The molecule has 0 amide bonds. The van der Waals surface area contributed by atoms with Gasteiger partial charge in [0.15, 0.2) is 0 Å². The highest BCUT2D eigenvalue weighted by Crippen LogP contribution is 2.10. The Kier molecular flexibility index (Phi) is 7.85. The summed E-state index contributed by atoms with van der Waals surface area (Å²) in [6.45, 7) is 9.64. The van der Waals surface area contributed by atoms with Gasteiger partial charge in [0.1, 0.15) is 17.2 Å². The SMILES string of the molecule is CC(C)(C)OC(=O)OC(=O)CCC(N)C(=O)OC(=O)OC(C)(C)C. The fourth-order valence-corrected chi connectivity index (χ4v) is 1.23. The average Bonchev–Trinajstić information content (AvgIpc) is 2.30. The molecule has 1 unspecified atom stereocenters. The fourth-order valence-electron chi connectivity index (χ4n) is 1.23. The Bertz CT molecular complexity index is 487. The molecule has 0 aromatic rings. The van der Waals surface area contributed by atoms with Crippen LogP contribution in [0.2, 0.25) is 0 Å². The van der Waals surface area contributed by atoms with E-state index in [0.717, 1.165) is 0 Å². The van der Waals surface area contributed by atoms with Gasteiger partial charge in [-0.05, 0) is 48.0 Å². The first-order valence-corrected chi connectivity index (χ1v) is 7.33. The molecule has 0 fully saturated rings. The molecule has 9 heteroatoms. The maximum Gasteiger partial charge on any atom is 0.516 e. The van der Waals surface area contributed by atoms with Crippen molar-refractivity contribution in [2.24, 2.45) is 5.73 Å². The van der Waals surface area contributed by atoms with Crippen LogP contribution in [0.25, 0.3) is 0 Å². The van der Waals surface area contributed by atoms with E-state index in [2.05, 4.69) is 9.47 Å². The molecule has 0 heterocycles. The summed E-state index contributed by atoms with van der Waals surface area (Å²) >= 11 is 0. The first-order valence-electron chi connectivity index (χ1n) is 7.33. The molecule has 0 aromatic heterocycles. The van der Waals surface area contributed by atoms with Gasteiger partial charge in [0, 0.05) is 6.42 Å². The van der Waals surface area contributed by atoms with Crippen molar-refractivity contribution in [1.82, 2.24) is 0 Å². The van der Waals surface area contributed by atoms with Crippen LogP contribution in [0.3, 0.4) is 0 Å². The number of esters is 2. The van der Waals surface area contributed by atoms with E-state index in [4.69, 9.17) is 15.2 Å². The lowest BCUT2D eigenvalue weighted by molar-refractivity contribution is -0.144. The van der Waals surface area contributed by atoms with Crippen LogP contribution >= 0.6 is 0 Å². The van der Waals surface area contributed by atoms with Crippen LogP contribution in [-0.2, 0) is 28.5 Å². The third kappa shape index (κ3) is 11.4. The van der Waals surface area contributed by atoms with E-state index < -0.39 is 41.5 Å². The quantitative estimate of drug-likeness (QED) is 0.599. The van der Waals surface area contributed by atoms with Crippen molar-refractivity contribution in [2.75, 3.05) is 0 Å². The maximum absolute atomic E-state index is 11.6. The third-order valence-corrected chi connectivity index (χ3v) is 2.12. The molecular formula is C15H25NO8. The summed E-state index contributed by atoms with van der Waals surface area (Å²) in [5, 5.41) is 0. The lowest BCUT2D eigenvalue weighted by Gasteiger charge is -2.19. The molecule has 0 bridgehead atoms. The number of nitrogens with two attached hydrogens (primary N) is 1. The van der Waals surface area contributed by atoms with E-state index in [0.29, 0.717) is 0 Å². The molecule has 0 spiro atoms. The fraction of sp³-hybridized carbons (Fsp3) is 0.733. The Morgan fingerprint density at radius 2 is 1.25 bits per heavy atom. The van der Waals surface area contributed by atoms with Gasteiger partial charge < -0.3 is 24.7 Å². The maximum atomic E-state index is 11.6. The minimum absolute atomic E-state index is 0.177. The summed E-state index contributed by atoms with van der Waals surface area (Å²) in [4.78, 5) is 45.6. The number of hydrogen-bond donors (Lipinski definition) is 1. The van der Waals surface area contributed by atoms with Crippen LogP contribution in [0.15, 0.2) is 0 Å². The van der Waals surface area contributed by atoms with Gasteiger partial charge in [-0.25, -0.2) is 14.4 Å². The van der Waals surface area contributed by atoms with E-state index >= 15 is 0 Å². The van der Waals surface area contributed by atoms with E-state index in [9.17, 15) is 19.2 Å². The van der Waals surface area contributed by atoms with Crippen LogP contribution in [0.1, 0.15) is 54.4 Å². The van der Waals surface area contributed by atoms with Crippen molar-refractivity contribution in [3.05, 3.63) is 0 Å². The molecule has 0 aliphatic heterocycles. The first kappa shape index (κ1) is 21.8. The molecule has 9 nitrogen and oxygen atoms in total. The average molecular weight is 347 g/mol. The van der Waals surface area contributed by atoms with Crippen molar-refractivity contribution in [3.8, 4) is 0 Å². The number of carbonyl (C=O) groups excluding carboxylic acids is 4. The number of hydrogen-bond acceptors (Lipinski definition) is 9. The molecular weight excluding hydrogens is 322 g/mol. The van der Waals surface area contributed by atoms with Gasteiger partial charge in [0.05, 0.1) is 0 Å². The van der Waals surface area contributed by atoms with Crippen molar-refractivity contribution in [3.63, 3.8) is 0 Å². The van der Waals surface area contributed by atoms with Gasteiger partial charge in [-0.15, -0.1) is 0 Å². The normalized spacial score (nSPS) is 12.8. The lowest BCUT2D eigenvalue weighted by Crippen LogP contribution is -2.36. The highest BCUT2D eigenvalue weighted by Gasteiger charge is 2.25. The smallest absolute Gasteiger partial charge is 0.428 e. The van der Waals surface area contributed by atoms with Crippen LogP contribution in [0.5, 0.6) is 0 Å². The number of carbonyl (C=O) groups is 4. The molecule has 0 saturated heterocycles. The Morgan fingerprint density at radius 1 is 0.833 bits per heavy atom. The monoisotopic (exact) mass is 347 g/mol. The van der Waals surface area contributed by atoms with Gasteiger partial charge in [-0.2, -0.15) is 0 Å². The molecule has 138 valence electrons. The van der Waals surface area contributed by atoms with Gasteiger partial charge >= 0.3 is 24.2 Å². The van der Waals surface area contributed by atoms with E-state index in [-0.39, 0.29) is 12.8 Å². The van der Waals surface area contributed by atoms with E-state index in [1.807, 2.05) is 0 Å². The van der Waals surface area contributed by atoms with Gasteiger partial charge in [0.25, 0.3) is 0 Å². The Balaban J connectivity index is 4.22. The van der Waals surface area contributed by atoms with Crippen molar-refractivity contribution >= 4 is 24.2 Å². The standard InChI is InChI=1S/C15H25NO8/c1-14(2,3)23-12(19)21-10(17)8-7-9(16)11(18)22-13(20)24-15(4,5)6/h9H,7-8,16H2,1-6H3. The summed E-state index contributed by atoms with van der Waals surface area (Å²) in [7, 11) is 0. The van der Waals surface area contributed by atoms with Crippen LogP contribution in [0, 0.1) is 0 Å². The lowest BCUT2D eigenvalue weighted by atomic mass is 10.2. The van der Waals surface area contributed by atoms with Crippen molar-refractivity contribution in [2.45, 2.75) is 71.6 Å². The van der Waals surface area contributed by atoms with E-state index in [1.54, 1.807) is 41.5 Å². The summed E-state index contributed by atoms with van der Waals surface area (Å²) in [5.41, 5.74) is 3.88. The van der Waals surface area contributed by atoms with Gasteiger partial charge in [0.2, 0.25) is 0 Å². The molecule has 0 saturated carbocycles. The second kappa shape index (κ2) is 8.62. The minimum atomic E-state index is -1.25. The highest BCUT2D eigenvalue weighted by atomic mass is 16.8. The molecule has 0 aromatic carbocycles. The molecule has 0 aliphatic carbocycles. The molecule has 0 aliphatic rings. The summed E-state index contributed by atoms with van der Waals surface area (Å²) < 4.78 is 18.4. The second-order valence-corrected chi connectivity index (χ2v) is 6.97. The molecule has 0 radical (unpaired) electrons. The van der Waals surface area contributed by atoms with Gasteiger partial charge in [-0.1, -0.05) is 0 Å². The molecule has 24 heavy (non-hydrogen) atoms. The van der Waals surface area contributed by atoms with Crippen LogP contribution < -0.4 is 5.73 Å². The zero-order valence-corrected chi connectivity index (χ0v) is 14.8. The van der Waals surface area contributed by atoms with Crippen LogP contribution in [-0.4, -0.2) is 41.5 Å². The number of rotatable bonds is 4. The summed E-state index contributed by atoms with van der Waals surface area (Å²) in [6, 6.07) is -1.25. The predicted molar refractivity (Wildman–Crippen MR) is 81.9 cm³/mol. The van der Waals surface area contributed by atoms with Crippen LogP contribution in [0.4, 0.5) is 9.59 Å². The Hall–Kier alpha value is -2.16. The Labute approximate surface area is 140 Å². The topological polar surface area (TPSA) is 131 Å². The largest absolute Gasteiger partial charge is 0.516 e. The van der Waals surface area contributed by atoms with E-state index in [1.165, 1.54) is 0 Å². The summed E-state index contributed by atoms with van der Waals surface area (Å²) in [5.74, 6) is -1.96. The zero-order chi connectivity index (χ0) is 19.1. The summed E-state index contributed by atoms with van der Waals surface area (Å²) in [6.07, 6.45) is -2.83. The third-order valence-electron chi connectivity index (χ3n) is 2.12. The molecule has 2 N–H and O–H groups in total. The Morgan fingerprint density at radius 3 is 1.67 bits per heavy atom. The predicted octanol–water partition coefficient (Wildman–Crippen LogP) is 2.05. The van der Waals surface area contributed by atoms with Gasteiger partial charge in [-0.3, -0.25) is 4.79 Å². The first-order chi connectivity index (χ1) is 10.7. The highest BCUT2D eigenvalue weighted by molar-refractivity contribution is 5.86. The minimum Gasteiger partial charge on any atom is -0.428 e. The zero-order valence-electron chi connectivity index (χ0n) is 14.8. The van der Waals surface area contributed by atoms with Crippen molar-refractivity contribution < 1.29 is 38.1 Å². The molecule has 0 rings (SSSR count). The number of ether oxygens (including phenoxy) is 4. The second-order valence-electron chi connectivity index (χ2n) is 6.97. The molecule has 1 atom stereocenters. The van der Waals surface area contributed by atoms with Crippen molar-refractivity contribution in [1.29, 1.82) is 0 Å².